The second kappa shape index (κ2) is 7.68. The number of amides is 1. The number of aromatic amines is 1. The Labute approximate surface area is 152 Å². The molecule has 7 heteroatoms. The van der Waals surface area contributed by atoms with Crippen LogP contribution in [0.25, 0.3) is 0 Å². The SMILES string of the molecule is Cc1ccc(CCC(=O)N2C[C@H](CC(=O)O)[C@H](c3cn[nH]n3)C2)cc1C. The molecule has 1 fully saturated rings. The highest BCUT2D eigenvalue weighted by atomic mass is 16.4. The van der Waals surface area contributed by atoms with Gasteiger partial charge in [-0.05, 0) is 42.9 Å². The number of benzene rings is 1. The number of hydrogen-bond acceptors (Lipinski definition) is 4. The third-order valence-corrected chi connectivity index (χ3v) is 5.24. The van der Waals surface area contributed by atoms with Crippen LogP contribution in [0.3, 0.4) is 0 Å². The predicted molar refractivity (Wildman–Crippen MR) is 95.7 cm³/mol. The topological polar surface area (TPSA) is 99.2 Å². The molecule has 0 saturated carbocycles. The van der Waals surface area contributed by atoms with Gasteiger partial charge in [0.25, 0.3) is 0 Å². The van der Waals surface area contributed by atoms with Crippen molar-refractivity contribution in [2.24, 2.45) is 5.92 Å². The fraction of sp³-hybridized carbons (Fsp3) is 0.474. The van der Waals surface area contributed by atoms with Crippen LogP contribution in [0.4, 0.5) is 0 Å². The standard InChI is InChI=1S/C19H24N4O3/c1-12-3-4-14(7-13(12)2)5-6-18(24)23-10-15(8-19(25)26)16(11-23)17-9-20-22-21-17/h3-4,7,9,15-16H,5-6,8,10-11H2,1-2H3,(H,25,26)(H,20,21,22)/t15-,16+/m0/s1. The highest BCUT2D eigenvalue weighted by Crippen LogP contribution is 2.34. The first-order chi connectivity index (χ1) is 12.4. The number of hydrogen-bond donors (Lipinski definition) is 2. The molecule has 0 bridgehead atoms. The summed E-state index contributed by atoms with van der Waals surface area (Å²) in [6, 6.07) is 6.26. The van der Waals surface area contributed by atoms with E-state index in [0.29, 0.717) is 25.9 Å². The number of aliphatic carboxylic acids is 1. The van der Waals surface area contributed by atoms with Gasteiger partial charge in [0.1, 0.15) is 0 Å². The molecule has 2 atom stereocenters. The average Bonchev–Trinajstić information content (AvgIpc) is 3.24. The molecule has 0 aliphatic carbocycles. The Kier molecular flexibility index (Phi) is 5.35. The van der Waals surface area contributed by atoms with E-state index in [-0.39, 0.29) is 24.2 Å². The fourth-order valence-corrected chi connectivity index (χ4v) is 3.60. The van der Waals surface area contributed by atoms with E-state index in [9.17, 15) is 9.59 Å². The Balaban J connectivity index is 1.63. The average molecular weight is 356 g/mol. The van der Waals surface area contributed by atoms with Crippen molar-refractivity contribution in [3.05, 3.63) is 46.8 Å². The van der Waals surface area contributed by atoms with Gasteiger partial charge in [0.2, 0.25) is 5.91 Å². The minimum Gasteiger partial charge on any atom is -0.481 e. The van der Waals surface area contributed by atoms with Crippen LogP contribution in [-0.4, -0.2) is 50.4 Å². The lowest BCUT2D eigenvalue weighted by molar-refractivity contribution is -0.138. The summed E-state index contributed by atoms with van der Waals surface area (Å²) in [5.41, 5.74) is 4.34. The summed E-state index contributed by atoms with van der Waals surface area (Å²) in [5, 5.41) is 19.6. The number of carbonyl (C=O) groups excluding carboxylic acids is 1. The number of rotatable bonds is 6. The molecule has 26 heavy (non-hydrogen) atoms. The van der Waals surface area contributed by atoms with Crippen molar-refractivity contribution in [2.45, 2.75) is 39.0 Å². The number of nitrogens with one attached hydrogen (secondary N) is 1. The van der Waals surface area contributed by atoms with Gasteiger partial charge in [-0.25, -0.2) is 0 Å². The van der Waals surface area contributed by atoms with Crippen LogP contribution in [0.5, 0.6) is 0 Å². The molecule has 138 valence electrons. The van der Waals surface area contributed by atoms with Crippen LogP contribution in [0.15, 0.2) is 24.4 Å². The molecular formula is C19H24N4O3. The molecule has 1 aromatic heterocycles. The van der Waals surface area contributed by atoms with E-state index in [1.54, 1.807) is 11.1 Å². The smallest absolute Gasteiger partial charge is 0.303 e. The molecule has 3 rings (SSSR count). The minimum atomic E-state index is -0.854. The maximum absolute atomic E-state index is 12.7. The zero-order valence-electron chi connectivity index (χ0n) is 15.1. The Hall–Kier alpha value is -2.70. The number of nitrogens with zero attached hydrogens (tertiary/aromatic N) is 3. The van der Waals surface area contributed by atoms with Crippen LogP contribution in [0, 0.1) is 19.8 Å². The van der Waals surface area contributed by atoms with Gasteiger partial charge in [0.15, 0.2) is 0 Å². The molecule has 1 amide bonds. The number of aryl methyl sites for hydroxylation is 3. The summed E-state index contributed by atoms with van der Waals surface area (Å²) in [5.74, 6) is -1.02. The van der Waals surface area contributed by atoms with Gasteiger partial charge in [-0.2, -0.15) is 15.4 Å². The third-order valence-electron chi connectivity index (χ3n) is 5.24. The third kappa shape index (κ3) is 4.09. The minimum absolute atomic E-state index is 0.0263. The number of carboxylic acids is 1. The molecule has 1 saturated heterocycles. The molecular weight excluding hydrogens is 332 g/mol. The van der Waals surface area contributed by atoms with Gasteiger partial charge in [0, 0.05) is 25.4 Å². The summed E-state index contributed by atoms with van der Waals surface area (Å²) >= 11 is 0. The summed E-state index contributed by atoms with van der Waals surface area (Å²) in [7, 11) is 0. The molecule has 2 N–H and O–H groups in total. The number of H-pyrrole nitrogens is 1. The van der Waals surface area contributed by atoms with Crippen molar-refractivity contribution >= 4 is 11.9 Å². The molecule has 2 aromatic rings. The second-order valence-electron chi connectivity index (χ2n) is 7.08. The quantitative estimate of drug-likeness (QED) is 0.825. The van der Waals surface area contributed by atoms with Crippen LogP contribution in [-0.2, 0) is 16.0 Å². The van der Waals surface area contributed by atoms with E-state index >= 15 is 0 Å². The second-order valence-corrected chi connectivity index (χ2v) is 7.08. The lowest BCUT2D eigenvalue weighted by Crippen LogP contribution is -2.29. The summed E-state index contributed by atoms with van der Waals surface area (Å²) in [6.45, 7) is 5.09. The van der Waals surface area contributed by atoms with E-state index in [1.165, 1.54) is 11.1 Å². The van der Waals surface area contributed by atoms with Crippen LogP contribution in [0.1, 0.15) is 41.1 Å². The van der Waals surface area contributed by atoms with Gasteiger partial charge < -0.3 is 10.0 Å². The fourth-order valence-electron chi connectivity index (χ4n) is 3.60. The van der Waals surface area contributed by atoms with Gasteiger partial charge in [-0.15, -0.1) is 0 Å². The lowest BCUT2D eigenvalue weighted by atomic mass is 9.91. The van der Waals surface area contributed by atoms with Crippen molar-refractivity contribution in [3.8, 4) is 0 Å². The zero-order chi connectivity index (χ0) is 18.7. The van der Waals surface area contributed by atoms with E-state index < -0.39 is 5.97 Å². The van der Waals surface area contributed by atoms with Gasteiger partial charge in [0.05, 0.1) is 18.3 Å². The number of aromatic nitrogens is 3. The van der Waals surface area contributed by atoms with Crippen molar-refractivity contribution in [1.29, 1.82) is 0 Å². The summed E-state index contributed by atoms with van der Waals surface area (Å²) < 4.78 is 0. The first kappa shape index (κ1) is 18.1. The Morgan fingerprint density at radius 1 is 1.27 bits per heavy atom. The molecule has 1 aromatic carbocycles. The monoisotopic (exact) mass is 356 g/mol. The van der Waals surface area contributed by atoms with E-state index in [0.717, 1.165) is 11.3 Å². The van der Waals surface area contributed by atoms with Crippen LogP contribution < -0.4 is 0 Å². The van der Waals surface area contributed by atoms with Crippen LogP contribution in [0.2, 0.25) is 0 Å². The van der Waals surface area contributed by atoms with E-state index in [1.807, 2.05) is 0 Å². The maximum Gasteiger partial charge on any atom is 0.303 e. The molecule has 0 radical (unpaired) electrons. The van der Waals surface area contributed by atoms with E-state index in [4.69, 9.17) is 5.11 Å². The zero-order valence-corrected chi connectivity index (χ0v) is 15.1. The Bertz CT molecular complexity index is 788. The lowest BCUT2D eigenvalue weighted by Gasteiger charge is -2.16. The number of carboxylic acid groups (broad SMARTS) is 1. The largest absolute Gasteiger partial charge is 0.481 e. The molecule has 0 spiro atoms. The number of likely N-dealkylation sites (tertiary alicyclic amines) is 1. The maximum atomic E-state index is 12.7. The number of carbonyl (C=O) groups is 2. The molecule has 1 aliphatic heterocycles. The Morgan fingerprint density at radius 2 is 2.08 bits per heavy atom. The highest BCUT2D eigenvalue weighted by Gasteiger charge is 2.38. The molecule has 7 nitrogen and oxygen atoms in total. The molecule has 2 heterocycles. The Morgan fingerprint density at radius 3 is 2.73 bits per heavy atom. The normalized spacial score (nSPS) is 19.7. The summed E-state index contributed by atoms with van der Waals surface area (Å²) in [6.07, 6.45) is 2.75. The van der Waals surface area contributed by atoms with Crippen LogP contribution >= 0.6 is 0 Å². The van der Waals surface area contributed by atoms with Crippen molar-refractivity contribution in [2.75, 3.05) is 13.1 Å². The van der Waals surface area contributed by atoms with Crippen molar-refractivity contribution in [1.82, 2.24) is 20.3 Å². The first-order valence-electron chi connectivity index (χ1n) is 8.85. The first-order valence-corrected chi connectivity index (χ1v) is 8.85. The van der Waals surface area contributed by atoms with Crippen molar-refractivity contribution in [3.63, 3.8) is 0 Å². The summed E-state index contributed by atoms with van der Waals surface area (Å²) in [4.78, 5) is 25.6. The highest BCUT2D eigenvalue weighted by molar-refractivity contribution is 5.77. The van der Waals surface area contributed by atoms with Crippen molar-refractivity contribution < 1.29 is 14.7 Å². The predicted octanol–water partition coefficient (Wildman–Crippen LogP) is 2.07. The molecule has 0 unspecified atom stereocenters. The van der Waals surface area contributed by atoms with Gasteiger partial charge in [-0.1, -0.05) is 18.2 Å². The van der Waals surface area contributed by atoms with Gasteiger partial charge in [-0.3, -0.25) is 9.59 Å². The molecule has 1 aliphatic rings. The van der Waals surface area contributed by atoms with Gasteiger partial charge >= 0.3 is 5.97 Å². The van der Waals surface area contributed by atoms with E-state index in [2.05, 4.69) is 47.5 Å².